The molecule has 1 aromatic rings. The molecule has 0 radical (unpaired) electrons. The molecule has 1 fully saturated rings. The molecule has 0 saturated carbocycles. The van der Waals surface area contributed by atoms with Gasteiger partial charge in [0.2, 0.25) is 5.91 Å². The molecule has 116 valence electrons. The summed E-state index contributed by atoms with van der Waals surface area (Å²) in [5.74, 6) is 0.434. The Kier molecular flexibility index (Phi) is 5.40. The predicted octanol–water partition coefficient (Wildman–Crippen LogP) is 3.06. The summed E-state index contributed by atoms with van der Waals surface area (Å²) in [6.45, 7) is 10.2. The number of hydrogen-bond acceptors (Lipinski definition) is 2. The second kappa shape index (κ2) is 7.08. The molecule has 3 nitrogen and oxygen atoms in total. The third-order valence-corrected chi connectivity index (χ3v) is 4.00. The average Bonchev–Trinajstić information content (AvgIpc) is 2.46. The fourth-order valence-electron chi connectivity index (χ4n) is 2.69. The van der Waals surface area contributed by atoms with E-state index in [0.29, 0.717) is 0 Å². The Morgan fingerprint density at radius 2 is 1.81 bits per heavy atom. The Balaban J connectivity index is 1.74. The summed E-state index contributed by atoms with van der Waals surface area (Å²) >= 11 is 0. The van der Waals surface area contributed by atoms with Crippen molar-refractivity contribution in [3.05, 3.63) is 35.9 Å². The van der Waals surface area contributed by atoms with Gasteiger partial charge in [0, 0.05) is 19.0 Å². The molecule has 1 saturated heterocycles. The third kappa shape index (κ3) is 5.50. The number of carbonyl (C=O) groups excluding carboxylic acids is 1. The molecule has 0 aliphatic carbocycles. The minimum Gasteiger partial charge on any atom is -0.355 e. The summed E-state index contributed by atoms with van der Waals surface area (Å²) in [4.78, 5) is 14.6. The Bertz CT molecular complexity index is 442. The lowest BCUT2D eigenvalue weighted by Gasteiger charge is -2.32. The normalized spacial score (nSPS) is 17.7. The first-order valence-electron chi connectivity index (χ1n) is 7.98. The van der Waals surface area contributed by atoms with Gasteiger partial charge in [-0.3, -0.25) is 9.69 Å². The molecule has 1 aromatic carbocycles. The van der Waals surface area contributed by atoms with Crippen molar-refractivity contribution in [2.75, 3.05) is 19.6 Å². The SMILES string of the molecule is CC(C)(C)CNC(=O)C1CCN(Cc2ccccc2)CC1. The number of hydrogen-bond donors (Lipinski definition) is 1. The average molecular weight is 288 g/mol. The van der Waals surface area contributed by atoms with Crippen LogP contribution in [0.3, 0.4) is 0 Å². The van der Waals surface area contributed by atoms with Gasteiger partial charge in [-0.05, 0) is 36.9 Å². The van der Waals surface area contributed by atoms with E-state index in [0.717, 1.165) is 39.0 Å². The molecule has 0 aromatic heterocycles. The van der Waals surface area contributed by atoms with E-state index in [2.05, 4.69) is 61.3 Å². The van der Waals surface area contributed by atoms with Crippen molar-refractivity contribution >= 4 is 5.91 Å². The van der Waals surface area contributed by atoms with E-state index in [1.165, 1.54) is 5.56 Å². The maximum atomic E-state index is 12.2. The highest BCUT2D eigenvalue weighted by Gasteiger charge is 2.25. The Morgan fingerprint density at radius 1 is 1.19 bits per heavy atom. The van der Waals surface area contributed by atoms with Crippen LogP contribution in [0.2, 0.25) is 0 Å². The van der Waals surface area contributed by atoms with Gasteiger partial charge in [0.1, 0.15) is 0 Å². The number of nitrogens with one attached hydrogen (secondary N) is 1. The van der Waals surface area contributed by atoms with Gasteiger partial charge < -0.3 is 5.32 Å². The summed E-state index contributed by atoms with van der Waals surface area (Å²) in [6.07, 6.45) is 1.95. The summed E-state index contributed by atoms with van der Waals surface area (Å²) < 4.78 is 0. The van der Waals surface area contributed by atoms with Crippen LogP contribution >= 0.6 is 0 Å². The topological polar surface area (TPSA) is 32.3 Å². The van der Waals surface area contributed by atoms with Gasteiger partial charge in [0.05, 0.1) is 0 Å². The van der Waals surface area contributed by atoms with Crippen molar-refractivity contribution < 1.29 is 4.79 Å². The Labute approximate surface area is 128 Å². The monoisotopic (exact) mass is 288 g/mol. The molecule has 2 rings (SSSR count). The summed E-state index contributed by atoms with van der Waals surface area (Å²) in [7, 11) is 0. The van der Waals surface area contributed by atoms with Crippen molar-refractivity contribution in [3.8, 4) is 0 Å². The van der Waals surface area contributed by atoms with E-state index in [-0.39, 0.29) is 17.2 Å². The van der Waals surface area contributed by atoms with Crippen LogP contribution in [0.15, 0.2) is 30.3 Å². The van der Waals surface area contributed by atoms with Crippen molar-refractivity contribution in [1.82, 2.24) is 10.2 Å². The van der Waals surface area contributed by atoms with Gasteiger partial charge in [-0.2, -0.15) is 0 Å². The minimum atomic E-state index is 0.156. The van der Waals surface area contributed by atoms with Gasteiger partial charge in [0.15, 0.2) is 0 Å². The predicted molar refractivity (Wildman–Crippen MR) is 86.9 cm³/mol. The molecule has 0 spiro atoms. The van der Waals surface area contributed by atoms with Crippen LogP contribution in [0.4, 0.5) is 0 Å². The molecular weight excluding hydrogens is 260 g/mol. The first-order chi connectivity index (χ1) is 9.94. The number of benzene rings is 1. The molecule has 1 heterocycles. The van der Waals surface area contributed by atoms with Crippen LogP contribution in [0.1, 0.15) is 39.2 Å². The Hall–Kier alpha value is -1.35. The number of likely N-dealkylation sites (tertiary alicyclic amines) is 1. The van der Waals surface area contributed by atoms with E-state index in [1.54, 1.807) is 0 Å². The van der Waals surface area contributed by atoms with E-state index in [1.807, 2.05) is 0 Å². The van der Waals surface area contributed by atoms with Crippen molar-refractivity contribution in [1.29, 1.82) is 0 Å². The second-order valence-corrected chi connectivity index (χ2v) is 7.31. The smallest absolute Gasteiger partial charge is 0.223 e. The molecule has 0 bridgehead atoms. The van der Waals surface area contributed by atoms with Crippen LogP contribution < -0.4 is 5.32 Å². The highest BCUT2D eigenvalue weighted by atomic mass is 16.1. The van der Waals surface area contributed by atoms with Gasteiger partial charge in [-0.15, -0.1) is 0 Å². The highest BCUT2D eigenvalue weighted by molar-refractivity contribution is 5.78. The van der Waals surface area contributed by atoms with E-state index < -0.39 is 0 Å². The number of nitrogens with zero attached hydrogens (tertiary/aromatic N) is 1. The zero-order chi connectivity index (χ0) is 15.3. The van der Waals surface area contributed by atoms with Gasteiger partial charge in [-0.1, -0.05) is 51.1 Å². The highest BCUT2D eigenvalue weighted by Crippen LogP contribution is 2.20. The van der Waals surface area contributed by atoms with Crippen LogP contribution in [0.5, 0.6) is 0 Å². The van der Waals surface area contributed by atoms with E-state index >= 15 is 0 Å². The van der Waals surface area contributed by atoms with Gasteiger partial charge in [-0.25, -0.2) is 0 Å². The lowest BCUT2D eigenvalue weighted by atomic mass is 9.93. The molecule has 1 aliphatic rings. The Morgan fingerprint density at radius 3 is 2.38 bits per heavy atom. The lowest BCUT2D eigenvalue weighted by molar-refractivity contribution is -0.126. The lowest BCUT2D eigenvalue weighted by Crippen LogP contribution is -2.42. The summed E-state index contributed by atoms with van der Waals surface area (Å²) in [5, 5.41) is 3.10. The number of rotatable bonds is 4. The molecule has 21 heavy (non-hydrogen) atoms. The van der Waals surface area contributed by atoms with Crippen molar-refractivity contribution in [2.24, 2.45) is 11.3 Å². The van der Waals surface area contributed by atoms with Crippen molar-refractivity contribution in [3.63, 3.8) is 0 Å². The fraction of sp³-hybridized carbons (Fsp3) is 0.611. The number of amides is 1. The molecule has 1 amide bonds. The van der Waals surface area contributed by atoms with Crippen LogP contribution in [-0.2, 0) is 11.3 Å². The van der Waals surface area contributed by atoms with E-state index in [9.17, 15) is 4.79 Å². The zero-order valence-electron chi connectivity index (χ0n) is 13.6. The molecule has 1 aliphatic heterocycles. The first-order valence-corrected chi connectivity index (χ1v) is 7.98. The molecule has 1 N–H and O–H groups in total. The number of piperidine rings is 1. The quantitative estimate of drug-likeness (QED) is 0.923. The molecule has 3 heteroatoms. The summed E-state index contributed by atoms with van der Waals surface area (Å²) in [5.41, 5.74) is 1.51. The standard InChI is InChI=1S/C18H28N2O/c1-18(2,3)14-19-17(21)16-9-11-20(12-10-16)13-15-7-5-4-6-8-15/h4-8,16H,9-14H2,1-3H3,(H,19,21). The molecule has 0 unspecified atom stereocenters. The van der Waals surface area contributed by atoms with E-state index in [4.69, 9.17) is 0 Å². The first kappa shape index (κ1) is 16.0. The van der Waals surface area contributed by atoms with Gasteiger partial charge in [0.25, 0.3) is 0 Å². The van der Waals surface area contributed by atoms with Crippen molar-refractivity contribution in [2.45, 2.75) is 40.2 Å². The maximum Gasteiger partial charge on any atom is 0.223 e. The van der Waals surface area contributed by atoms with Gasteiger partial charge >= 0.3 is 0 Å². The molecule has 0 atom stereocenters. The molecular formula is C18H28N2O. The fourth-order valence-corrected chi connectivity index (χ4v) is 2.69. The number of carbonyl (C=O) groups is 1. The van der Waals surface area contributed by atoms with Crippen LogP contribution in [0.25, 0.3) is 0 Å². The zero-order valence-corrected chi connectivity index (χ0v) is 13.6. The van der Waals surface area contributed by atoms with Crippen LogP contribution in [-0.4, -0.2) is 30.4 Å². The maximum absolute atomic E-state index is 12.2. The minimum absolute atomic E-state index is 0.156. The second-order valence-electron chi connectivity index (χ2n) is 7.31. The largest absolute Gasteiger partial charge is 0.355 e. The third-order valence-electron chi connectivity index (χ3n) is 4.00. The van der Waals surface area contributed by atoms with Crippen LogP contribution in [0, 0.1) is 11.3 Å². The summed E-state index contributed by atoms with van der Waals surface area (Å²) in [6, 6.07) is 10.6.